The predicted octanol–water partition coefficient (Wildman–Crippen LogP) is 3.75. The van der Waals surface area contributed by atoms with Gasteiger partial charge in [0.05, 0.1) is 0 Å². The summed E-state index contributed by atoms with van der Waals surface area (Å²) in [6.07, 6.45) is 5.36. The van der Waals surface area contributed by atoms with Gasteiger partial charge in [0.1, 0.15) is 0 Å². The Balaban J connectivity index is 1.37. The third kappa shape index (κ3) is 4.56. The molecule has 1 aliphatic heterocycles. The van der Waals surface area contributed by atoms with E-state index in [1.54, 1.807) is 0 Å². The minimum Gasteiger partial charge on any atom is -0.343 e. The normalized spacial score (nSPS) is 18.7. The topological polar surface area (TPSA) is 26.8 Å². The monoisotopic (exact) mass is 379 g/mol. The number of benzene rings is 2. The maximum Gasteiger partial charge on any atom is 0.223 e. The van der Waals surface area contributed by atoms with Crippen molar-refractivity contribution in [1.29, 1.82) is 0 Å². The molecule has 150 valence electrons. The van der Waals surface area contributed by atoms with Crippen molar-refractivity contribution >= 4 is 16.7 Å². The Morgan fingerprint density at radius 2 is 1.71 bits per heavy atom. The van der Waals surface area contributed by atoms with Crippen molar-refractivity contribution in [2.45, 2.75) is 50.7 Å². The second kappa shape index (κ2) is 8.62. The molecule has 0 bridgehead atoms. The molecule has 0 unspecified atom stereocenters. The molecule has 2 aromatic rings. The van der Waals surface area contributed by atoms with E-state index < -0.39 is 0 Å². The number of hydrogen-bond donors (Lipinski definition) is 0. The molecule has 0 N–H and O–H groups in total. The molecule has 28 heavy (non-hydrogen) atoms. The highest BCUT2D eigenvalue weighted by Gasteiger charge is 2.30. The molecule has 0 radical (unpaired) electrons. The first-order valence-electron chi connectivity index (χ1n) is 10.8. The summed E-state index contributed by atoms with van der Waals surface area (Å²) in [6.45, 7) is 4.00. The highest BCUT2D eigenvalue weighted by Crippen LogP contribution is 2.30. The number of nitrogens with zero attached hydrogens (tertiary/aromatic N) is 3. The third-order valence-corrected chi connectivity index (χ3v) is 6.56. The Morgan fingerprint density at radius 3 is 2.46 bits per heavy atom. The van der Waals surface area contributed by atoms with Gasteiger partial charge in [0.2, 0.25) is 5.91 Å². The second-order valence-corrected chi connectivity index (χ2v) is 8.63. The van der Waals surface area contributed by atoms with E-state index in [4.69, 9.17) is 0 Å². The third-order valence-electron chi connectivity index (χ3n) is 6.56. The van der Waals surface area contributed by atoms with Crippen LogP contribution in [0.5, 0.6) is 0 Å². The lowest BCUT2D eigenvalue weighted by Gasteiger charge is -2.35. The van der Waals surface area contributed by atoms with Crippen LogP contribution in [0.3, 0.4) is 0 Å². The highest BCUT2D eigenvalue weighted by atomic mass is 16.2. The van der Waals surface area contributed by atoms with E-state index in [0.717, 1.165) is 39.0 Å². The molecule has 1 saturated carbocycles. The molecule has 1 saturated heterocycles. The summed E-state index contributed by atoms with van der Waals surface area (Å²) < 4.78 is 0. The van der Waals surface area contributed by atoms with E-state index in [-0.39, 0.29) is 0 Å². The van der Waals surface area contributed by atoms with Gasteiger partial charge in [-0.2, -0.15) is 0 Å². The van der Waals surface area contributed by atoms with E-state index in [1.165, 1.54) is 29.2 Å². The summed E-state index contributed by atoms with van der Waals surface area (Å²) in [5.41, 5.74) is 1.38. The van der Waals surface area contributed by atoms with Crippen LogP contribution >= 0.6 is 0 Å². The van der Waals surface area contributed by atoms with Crippen LogP contribution in [-0.4, -0.2) is 66.4 Å². The summed E-state index contributed by atoms with van der Waals surface area (Å²) >= 11 is 0. The SMILES string of the molecule is CN1CCC(N(C)C(=O)CCN(Cc2cccc3ccccc23)C2CC2)CC1. The fourth-order valence-corrected chi connectivity index (χ4v) is 4.48. The van der Waals surface area contributed by atoms with Crippen molar-refractivity contribution in [3.8, 4) is 0 Å². The van der Waals surface area contributed by atoms with Gasteiger partial charge in [-0.25, -0.2) is 0 Å². The van der Waals surface area contributed by atoms with Crippen LogP contribution in [0.4, 0.5) is 0 Å². The Labute approximate surface area is 169 Å². The molecule has 4 heteroatoms. The van der Waals surface area contributed by atoms with Crippen LogP contribution in [0.25, 0.3) is 10.8 Å². The van der Waals surface area contributed by atoms with Crippen molar-refractivity contribution < 1.29 is 4.79 Å². The molecule has 0 aromatic heterocycles. The zero-order valence-corrected chi connectivity index (χ0v) is 17.3. The molecule has 2 aliphatic rings. The molecule has 0 atom stereocenters. The van der Waals surface area contributed by atoms with E-state index in [1.807, 2.05) is 11.9 Å². The fraction of sp³-hybridized carbons (Fsp3) is 0.542. The van der Waals surface area contributed by atoms with Crippen LogP contribution < -0.4 is 0 Å². The molecular weight excluding hydrogens is 346 g/mol. The van der Waals surface area contributed by atoms with Gasteiger partial charge < -0.3 is 9.80 Å². The van der Waals surface area contributed by atoms with E-state index in [0.29, 0.717) is 24.4 Å². The van der Waals surface area contributed by atoms with Crippen molar-refractivity contribution in [2.24, 2.45) is 0 Å². The molecule has 1 heterocycles. The van der Waals surface area contributed by atoms with Crippen LogP contribution in [0.2, 0.25) is 0 Å². The molecule has 1 aliphatic carbocycles. The lowest BCUT2D eigenvalue weighted by molar-refractivity contribution is -0.133. The first kappa shape index (κ1) is 19.4. The second-order valence-electron chi connectivity index (χ2n) is 8.63. The molecule has 4 rings (SSSR count). The first-order chi connectivity index (χ1) is 13.6. The standard InChI is InChI=1S/C24H33N3O/c1-25-15-12-21(13-16-25)26(2)24(28)14-17-27(22-10-11-22)18-20-8-5-7-19-6-3-4-9-23(19)20/h3-9,21-22H,10-18H2,1-2H3. The van der Waals surface area contributed by atoms with Crippen LogP contribution in [0.1, 0.15) is 37.7 Å². The van der Waals surface area contributed by atoms with E-state index in [9.17, 15) is 4.79 Å². The number of likely N-dealkylation sites (tertiary alicyclic amines) is 1. The predicted molar refractivity (Wildman–Crippen MR) is 115 cm³/mol. The van der Waals surface area contributed by atoms with E-state index in [2.05, 4.69) is 59.3 Å². The maximum atomic E-state index is 12.8. The van der Waals surface area contributed by atoms with Crippen molar-refractivity contribution in [3.63, 3.8) is 0 Å². The van der Waals surface area contributed by atoms with Crippen LogP contribution in [0.15, 0.2) is 42.5 Å². The molecule has 2 aromatic carbocycles. The molecule has 2 fully saturated rings. The van der Waals surface area contributed by atoms with Gasteiger partial charge in [0.25, 0.3) is 0 Å². The average molecular weight is 380 g/mol. The van der Waals surface area contributed by atoms with Crippen LogP contribution in [0, 0.1) is 0 Å². The highest BCUT2D eigenvalue weighted by molar-refractivity contribution is 5.85. The summed E-state index contributed by atoms with van der Waals surface area (Å²) in [6, 6.07) is 16.3. The minimum atomic E-state index is 0.304. The van der Waals surface area contributed by atoms with Crippen molar-refractivity contribution in [3.05, 3.63) is 48.0 Å². The summed E-state index contributed by atoms with van der Waals surface area (Å²) in [7, 11) is 4.17. The maximum absolute atomic E-state index is 12.8. The number of hydrogen-bond acceptors (Lipinski definition) is 3. The van der Waals surface area contributed by atoms with Gasteiger partial charge in [-0.15, -0.1) is 0 Å². The number of fused-ring (bicyclic) bond motifs is 1. The van der Waals surface area contributed by atoms with Gasteiger partial charge in [-0.1, -0.05) is 42.5 Å². The lowest BCUT2D eigenvalue weighted by atomic mass is 10.0. The lowest BCUT2D eigenvalue weighted by Crippen LogP contribution is -2.45. The summed E-state index contributed by atoms with van der Waals surface area (Å²) in [5.74, 6) is 0.304. The average Bonchev–Trinajstić information content (AvgIpc) is 3.56. The van der Waals surface area contributed by atoms with E-state index >= 15 is 0 Å². The Bertz CT molecular complexity index is 803. The summed E-state index contributed by atoms with van der Waals surface area (Å²) in [4.78, 5) is 19.7. The molecular formula is C24H33N3O. The first-order valence-corrected chi connectivity index (χ1v) is 10.8. The molecule has 1 amide bonds. The van der Waals surface area contributed by atoms with Gasteiger partial charge in [-0.3, -0.25) is 9.69 Å². The number of carbonyl (C=O) groups is 1. The van der Waals surface area contributed by atoms with Crippen molar-refractivity contribution in [2.75, 3.05) is 33.7 Å². The van der Waals surface area contributed by atoms with Crippen molar-refractivity contribution in [1.82, 2.24) is 14.7 Å². The zero-order valence-electron chi connectivity index (χ0n) is 17.3. The molecule has 4 nitrogen and oxygen atoms in total. The minimum absolute atomic E-state index is 0.304. The largest absolute Gasteiger partial charge is 0.343 e. The number of rotatable bonds is 7. The Kier molecular flexibility index (Phi) is 5.98. The number of piperidine rings is 1. The summed E-state index contributed by atoms with van der Waals surface area (Å²) in [5, 5.41) is 2.64. The fourth-order valence-electron chi connectivity index (χ4n) is 4.48. The van der Waals surface area contributed by atoms with Gasteiger partial charge >= 0.3 is 0 Å². The number of amides is 1. The van der Waals surface area contributed by atoms with Gasteiger partial charge in [-0.05, 0) is 62.2 Å². The van der Waals surface area contributed by atoms with Crippen LogP contribution in [-0.2, 0) is 11.3 Å². The smallest absolute Gasteiger partial charge is 0.223 e. The Hall–Kier alpha value is -1.91. The number of carbonyl (C=O) groups excluding carboxylic acids is 1. The zero-order chi connectivity index (χ0) is 19.5. The molecule has 0 spiro atoms. The van der Waals surface area contributed by atoms with Gasteiger partial charge in [0, 0.05) is 38.6 Å². The Morgan fingerprint density at radius 1 is 1.00 bits per heavy atom. The van der Waals surface area contributed by atoms with Gasteiger partial charge in [0.15, 0.2) is 0 Å². The quantitative estimate of drug-likeness (QED) is 0.733.